The molecule has 0 amide bonds. The molecule has 0 aromatic heterocycles. The van der Waals surface area contributed by atoms with Crippen LogP contribution in [0.4, 0.5) is 8.78 Å². The highest BCUT2D eigenvalue weighted by Gasteiger charge is 2.21. The lowest BCUT2D eigenvalue weighted by molar-refractivity contribution is 0.0212. The fraction of sp³-hybridized carbons (Fsp3) is 0.364. The second-order valence-corrected chi connectivity index (χ2v) is 3.39. The van der Waals surface area contributed by atoms with Crippen molar-refractivity contribution < 1.29 is 23.7 Å². The molecule has 0 aliphatic heterocycles. The minimum Gasteiger partial charge on any atom is -0.491 e. The molecular formula is C11H11F2NO3. The van der Waals surface area contributed by atoms with E-state index in [1.54, 1.807) is 6.07 Å². The van der Waals surface area contributed by atoms with Crippen molar-refractivity contribution in [2.75, 3.05) is 7.11 Å². The van der Waals surface area contributed by atoms with Gasteiger partial charge in [0.25, 0.3) is 0 Å². The lowest BCUT2D eigenvalue weighted by Crippen LogP contribution is -2.18. The summed E-state index contributed by atoms with van der Waals surface area (Å²) in [6.45, 7) is 0. The Bertz CT molecular complexity index is 422. The first kappa shape index (κ1) is 13.4. The number of nitrogens with zero attached hydrogens (tertiary/aromatic N) is 1. The van der Waals surface area contributed by atoms with Gasteiger partial charge in [-0.05, 0) is 17.7 Å². The summed E-state index contributed by atoms with van der Waals surface area (Å²) in [5.74, 6) is -2.52. The van der Waals surface area contributed by atoms with Crippen LogP contribution in [0.5, 0.6) is 5.75 Å². The van der Waals surface area contributed by atoms with Gasteiger partial charge in [-0.2, -0.15) is 5.26 Å². The van der Waals surface area contributed by atoms with Crippen molar-refractivity contribution in [3.05, 3.63) is 29.3 Å². The van der Waals surface area contributed by atoms with Gasteiger partial charge in [0.05, 0.1) is 25.7 Å². The fourth-order valence-electron chi connectivity index (χ4n) is 1.37. The number of benzene rings is 1. The number of aliphatic hydroxyl groups excluding tert-OH is 2. The zero-order valence-corrected chi connectivity index (χ0v) is 9.02. The molecule has 17 heavy (non-hydrogen) atoms. The third kappa shape index (κ3) is 2.90. The Morgan fingerprint density at radius 3 is 2.29 bits per heavy atom. The fourth-order valence-corrected chi connectivity index (χ4v) is 1.37. The van der Waals surface area contributed by atoms with Gasteiger partial charge < -0.3 is 14.9 Å². The Hall–Kier alpha value is -1.71. The Kier molecular flexibility index (Phi) is 4.37. The second kappa shape index (κ2) is 5.57. The molecule has 1 rings (SSSR count). The molecule has 0 fully saturated rings. The Balaban J connectivity index is 3.04. The van der Waals surface area contributed by atoms with Gasteiger partial charge in [0, 0.05) is 0 Å². The number of rotatable bonds is 4. The average molecular weight is 243 g/mol. The topological polar surface area (TPSA) is 73.5 Å². The first-order valence-corrected chi connectivity index (χ1v) is 4.77. The van der Waals surface area contributed by atoms with Crippen molar-refractivity contribution in [1.29, 1.82) is 5.26 Å². The van der Waals surface area contributed by atoms with E-state index in [0.29, 0.717) is 0 Å². The lowest BCUT2D eigenvalue weighted by Gasteiger charge is -2.16. The summed E-state index contributed by atoms with van der Waals surface area (Å²) in [7, 11) is 1.11. The number of nitriles is 1. The van der Waals surface area contributed by atoms with Crippen LogP contribution in [0.25, 0.3) is 0 Å². The maximum absolute atomic E-state index is 13.3. The van der Waals surface area contributed by atoms with Crippen LogP contribution in [0.1, 0.15) is 18.1 Å². The summed E-state index contributed by atoms with van der Waals surface area (Å²) in [4.78, 5) is 0. The molecule has 2 N–H and O–H groups in total. The van der Waals surface area contributed by atoms with Crippen molar-refractivity contribution in [1.82, 2.24) is 0 Å². The molecule has 0 bridgehead atoms. The minimum atomic E-state index is -1.52. The summed E-state index contributed by atoms with van der Waals surface area (Å²) < 4.78 is 31.1. The van der Waals surface area contributed by atoms with E-state index in [9.17, 15) is 19.0 Å². The second-order valence-electron chi connectivity index (χ2n) is 3.39. The van der Waals surface area contributed by atoms with Crippen LogP contribution in [-0.2, 0) is 0 Å². The van der Waals surface area contributed by atoms with Gasteiger partial charge in [0.15, 0.2) is 17.4 Å². The molecule has 0 saturated heterocycles. The van der Waals surface area contributed by atoms with Crippen molar-refractivity contribution in [3.8, 4) is 11.8 Å². The Morgan fingerprint density at radius 2 is 1.88 bits per heavy atom. The predicted octanol–water partition coefficient (Wildman–Crippen LogP) is 1.28. The molecule has 6 heteroatoms. The zero-order chi connectivity index (χ0) is 13.0. The molecule has 0 aliphatic rings. The molecule has 1 aromatic rings. The molecule has 0 aliphatic carbocycles. The number of aliphatic hydroxyl groups is 2. The monoisotopic (exact) mass is 243 g/mol. The van der Waals surface area contributed by atoms with E-state index < -0.39 is 29.6 Å². The highest BCUT2D eigenvalue weighted by Crippen LogP contribution is 2.27. The van der Waals surface area contributed by atoms with Crippen molar-refractivity contribution in [3.63, 3.8) is 0 Å². The van der Waals surface area contributed by atoms with Crippen LogP contribution >= 0.6 is 0 Å². The van der Waals surface area contributed by atoms with Crippen LogP contribution in [0.3, 0.4) is 0 Å². The Morgan fingerprint density at radius 1 is 1.35 bits per heavy atom. The lowest BCUT2D eigenvalue weighted by atomic mass is 10.0. The predicted molar refractivity (Wildman–Crippen MR) is 54.1 cm³/mol. The van der Waals surface area contributed by atoms with Crippen molar-refractivity contribution in [2.45, 2.75) is 18.6 Å². The summed E-state index contributed by atoms with van der Waals surface area (Å²) in [6, 6.07) is 3.36. The van der Waals surface area contributed by atoms with E-state index in [1.165, 1.54) is 0 Å². The first-order chi connectivity index (χ1) is 8.01. The third-order valence-corrected chi connectivity index (χ3v) is 2.23. The summed E-state index contributed by atoms with van der Waals surface area (Å²) in [5.41, 5.74) is -0.149. The molecule has 1 aromatic carbocycles. The van der Waals surface area contributed by atoms with Gasteiger partial charge in [0.1, 0.15) is 6.10 Å². The molecule has 2 unspecified atom stereocenters. The van der Waals surface area contributed by atoms with Crippen LogP contribution in [0.15, 0.2) is 12.1 Å². The summed E-state index contributed by atoms with van der Waals surface area (Å²) in [6.07, 6.45) is -3.26. The van der Waals surface area contributed by atoms with E-state index in [4.69, 9.17) is 5.26 Å². The van der Waals surface area contributed by atoms with Crippen molar-refractivity contribution >= 4 is 0 Å². The van der Waals surface area contributed by atoms with Gasteiger partial charge in [-0.1, -0.05) is 0 Å². The normalized spacial score (nSPS) is 13.9. The molecule has 0 radical (unpaired) electrons. The van der Waals surface area contributed by atoms with Gasteiger partial charge in [-0.25, -0.2) is 8.78 Å². The molecule has 4 nitrogen and oxygen atoms in total. The van der Waals surface area contributed by atoms with Gasteiger partial charge in [0.2, 0.25) is 0 Å². The molecule has 0 saturated carbocycles. The average Bonchev–Trinajstić information content (AvgIpc) is 2.27. The van der Waals surface area contributed by atoms with E-state index in [0.717, 1.165) is 19.2 Å². The first-order valence-electron chi connectivity index (χ1n) is 4.77. The van der Waals surface area contributed by atoms with E-state index in [-0.39, 0.29) is 12.0 Å². The zero-order valence-electron chi connectivity index (χ0n) is 9.02. The van der Waals surface area contributed by atoms with Gasteiger partial charge in [-0.3, -0.25) is 0 Å². The van der Waals surface area contributed by atoms with Gasteiger partial charge in [-0.15, -0.1) is 0 Å². The standard InChI is InChI=1S/C11H11F2NO3/c1-17-11-7(12)4-6(5-8(11)13)10(16)9(15)2-3-14/h4-5,9-10,15-16H,2H2,1H3. The SMILES string of the molecule is COc1c(F)cc(C(O)C(O)CC#N)cc1F. The third-order valence-electron chi connectivity index (χ3n) is 2.23. The largest absolute Gasteiger partial charge is 0.491 e. The van der Waals surface area contributed by atoms with Crippen LogP contribution < -0.4 is 4.74 Å². The minimum absolute atomic E-state index is 0.149. The maximum Gasteiger partial charge on any atom is 0.190 e. The molecular weight excluding hydrogens is 232 g/mol. The molecule has 0 spiro atoms. The molecule has 92 valence electrons. The number of methoxy groups -OCH3 is 1. The van der Waals surface area contributed by atoms with Gasteiger partial charge >= 0.3 is 0 Å². The van der Waals surface area contributed by atoms with Crippen LogP contribution in [0, 0.1) is 23.0 Å². The highest BCUT2D eigenvalue weighted by atomic mass is 19.1. The number of hydrogen-bond donors (Lipinski definition) is 2. The maximum atomic E-state index is 13.3. The highest BCUT2D eigenvalue weighted by molar-refractivity contribution is 5.32. The van der Waals surface area contributed by atoms with E-state index in [1.807, 2.05) is 0 Å². The molecule has 0 heterocycles. The van der Waals surface area contributed by atoms with Crippen molar-refractivity contribution in [2.24, 2.45) is 0 Å². The van der Waals surface area contributed by atoms with E-state index in [2.05, 4.69) is 4.74 Å². The van der Waals surface area contributed by atoms with E-state index >= 15 is 0 Å². The number of hydrogen-bond acceptors (Lipinski definition) is 4. The smallest absolute Gasteiger partial charge is 0.190 e. The quantitative estimate of drug-likeness (QED) is 0.835. The van der Waals surface area contributed by atoms with Crippen LogP contribution in [-0.4, -0.2) is 23.4 Å². The Labute approximate surface area is 96.7 Å². The summed E-state index contributed by atoms with van der Waals surface area (Å²) >= 11 is 0. The number of ether oxygens (including phenoxy) is 1. The summed E-state index contributed by atoms with van der Waals surface area (Å²) in [5, 5.41) is 27.2. The molecule has 2 atom stereocenters. The van der Waals surface area contributed by atoms with Crippen LogP contribution in [0.2, 0.25) is 0 Å². The number of halogens is 2.